The van der Waals surface area contributed by atoms with Crippen molar-refractivity contribution >= 4 is 13.5 Å². The van der Waals surface area contributed by atoms with E-state index in [0.29, 0.717) is 0 Å². The summed E-state index contributed by atoms with van der Waals surface area (Å²) in [5.41, 5.74) is -33.0. The highest BCUT2D eigenvalue weighted by molar-refractivity contribution is 6.81. The van der Waals surface area contributed by atoms with Crippen LogP contribution in [-0.2, 0) is 31.4 Å². The molecule has 0 radical (unpaired) electrons. The molecule has 3 aromatic rings. The maximum Gasteiger partial charge on any atom is 0.499 e. The van der Waals surface area contributed by atoms with Gasteiger partial charge in [-0.15, -0.1) is 0 Å². The van der Waals surface area contributed by atoms with E-state index in [1.807, 2.05) is 0 Å². The van der Waals surface area contributed by atoms with Crippen LogP contribution < -0.4 is 0 Å². The first kappa shape index (κ1) is 50.2. The van der Waals surface area contributed by atoms with E-state index >= 15 is 122 Å². The highest BCUT2D eigenvalue weighted by atomic mass is 27.3. The number of hydrogen-bond acceptors (Lipinski definition) is 0. The molecule has 0 spiro atoms. The summed E-state index contributed by atoms with van der Waals surface area (Å²) >= 11 is -14.2. The third-order valence-electron chi connectivity index (χ3n) is 11.2. The molecule has 3 aliphatic rings. The SMILES string of the molecule is Fc1c(F)c(F)c2c(c1F)C(F)(F)C(F)(F)C(F)(F)[C]2(F)[Al-]([F])([C]1(F)c2c(F)c(F)c(F)c(F)c2C(F)(F)C(F)(F)C1(F)F)[C]1(F)c2c(F)c(F)c(F)c(F)c2C(F)(F)C(F)(F)C1(F)F. The molecule has 3 aromatic carbocycles. The Balaban J connectivity index is 2.21. The largest absolute Gasteiger partial charge is 0.586 e. The molecule has 362 valence electrons. The Morgan fingerprint density at radius 1 is 0.200 bits per heavy atom. The predicted octanol–water partition coefficient (Wildman–Crippen LogP) is 12.9. The first-order valence-corrected chi connectivity index (χ1v) is 17.7. The minimum atomic E-state index is -14.2. The molecule has 0 aliphatic heterocycles. The van der Waals surface area contributed by atoms with Crippen LogP contribution in [0.5, 0.6) is 0 Å². The fourth-order valence-corrected chi connectivity index (χ4v) is 13.9. The van der Waals surface area contributed by atoms with E-state index in [0.717, 1.165) is 0 Å². The maximum absolute atomic E-state index is 18.9. The second-order valence-corrected chi connectivity index (χ2v) is 18.0. The van der Waals surface area contributed by atoms with Gasteiger partial charge in [0.05, 0.1) is 16.7 Å². The maximum atomic E-state index is 18.9. The van der Waals surface area contributed by atoms with E-state index in [4.69, 9.17) is 0 Å². The molecule has 3 aliphatic carbocycles. The monoisotopic (exact) mass is 1030 g/mol. The molecule has 0 bridgehead atoms. The summed E-state index contributed by atoms with van der Waals surface area (Å²) < 4.78 is 504. The van der Waals surface area contributed by atoms with Crippen molar-refractivity contribution in [1.29, 1.82) is 0 Å². The third kappa shape index (κ3) is 4.46. The Bertz CT molecular complexity index is 2370. The standard InChI is InChI=1S/3C10F11.Al.FH/c3*11-3-1-2(4(12)6(14)5(3)13)8(16,17)10(20,21)9(18,19)7(1)15;;/h;;;;1H/p-1. The zero-order chi connectivity index (χ0) is 50.9. The van der Waals surface area contributed by atoms with Gasteiger partial charge in [0.2, 0.25) is 0 Å². The lowest BCUT2D eigenvalue weighted by Crippen LogP contribution is -2.90. The van der Waals surface area contributed by atoms with Gasteiger partial charge in [-0.1, -0.05) is 0 Å². The third-order valence-corrected chi connectivity index (χ3v) is 16.5. The van der Waals surface area contributed by atoms with Crippen LogP contribution in [0.15, 0.2) is 0 Å². The van der Waals surface area contributed by atoms with Crippen LogP contribution in [0, 0.1) is 69.8 Å². The van der Waals surface area contributed by atoms with Gasteiger partial charge in [-0.2, -0.15) is 52.7 Å². The fourth-order valence-electron chi connectivity index (χ4n) is 8.19. The summed E-state index contributed by atoms with van der Waals surface area (Å²) in [4.78, 5) is 0. The number of benzene rings is 3. The Hall–Kier alpha value is -4.19. The summed E-state index contributed by atoms with van der Waals surface area (Å²) in [5, 5.41) is 0. The predicted molar refractivity (Wildman–Crippen MR) is 135 cm³/mol. The molecule has 0 N–H and O–H groups in total. The van der Waals surface area contributed by atoms with Crippen molar-refractivity contribution in [3.63, 3.8) is 0 Å². The molecular formula is C30AlF34-. The second kappa shape index (κ2) is 12.7. The summed E-state index contributed by atoms with van der Waals surface area (Å²) in [6.07, 6.45) is 0. The summed E-state index contributed by atoms with van der Waals surface area (Å²) in [5.74, 6) is -139. The van der Waals surface area contributed by atoms with E-state index in [9.17, 15) is 26.3 Å². The van der Waals surface area contributed by atoms with Crippen LogP contribution in [0.4, 0.5) is 148 Å². The van der Waals surface area contributed by atoms with Gasteiger partial charge in [-0.3, -0.25) is 13.2 Å². The highest BCUT2D eigenvalue weighted by Gasteiger charge is 3.04. The molecule has 65 heavy (non-hydrogen) atoms. The van der Waals surface area contributed by atoms with E-state index in [-0.39, 0.29) is 0 Å². The molecule has 3 unspecified atom stereocenters. The Morgan fingerprint density at radius 3 is 0.492 bits per heavy atom. The van der Waals surface area contributed by atoms with Crippen molar-refractivity contribution in [3.05, 3.63) is 103 Å². The first-order chi connectivity index (χ1) is 28.7. The number of hydrogen-bond donors (Lipinski definition) is 0. The first-order valence-electron chi connectivity index (χ1n) is 15.6. The van der Waals surface area contributed by atoms with Crippen molar-refractivity contribution in [2.24, 2.45) is 0 Å². The Morgan fingerprint density at radius 2 is 0.338 bits per heavy atom. The summed E-state index contributed by atoms with van der Waals surface area (Å²) in [6.45, 7) is 0. The number of rotatable bonds is 3. The van der Waals surface area contributed by atoms with Crippen molar-refractivity contribution in [1.82, 2.24) is 0 Å². The second-order valence-electron chi connectivity index (χ2n) is 14.1. The smallest absolute Gasteiger partial charge is 0.499 e. The van der Waals surface area contributed by atoms with Crippen LogP contribution in [0.25, 0.3) is 0 Å². The van der Waals surface area contributed by atoms with E-state index in [1.54, 1.807) is 0 Å². The molecule has 0 amide bonds. The normalized spacial score (nSPS) is 30.2. The van der Waals surface area contributed by atoms with Gasteiger partial charge in [0.25, 0.3) is 0 Å². The minimum Gasteiger partial charge on any atom is -0.586 e. The zero-order valence-electron chi connectivity index (χ0n) is 28.4. The fraction of sp³-hybridized carbons (Fsp3) is 0.400. The van der Waals surface area contributed by atoms with Gasteiger partial charge in [-0.05, 0) is 0 Å². The van der Waals surface area contributed by atoms with Crippen LogP contribution in [0.2, 0.25) is 0 Å². The zero-order valence-corrected chi connectivity index (χ0v) is 29.6. The molecule has 0 fully saturated rings. The Labute approximate surface area is 332 Å². The van der Waals surface area contributed by atoms with Gasteiger partial charge in [0, 0.05) is 16.7 Å². The van der Waals surface area contributed by atoms with E-state index in [2.05, 4.69) is 0 Å². The molecular weight excluding hydrogens is 1030 g/mol. The lowest BCUT2D eigenvalue weighted by atomic mass is 9.78. The minimum absolute atomic E-state index is 4.39. The van der Waals surface area contributed by atoms with Crippen LogP contribution in [-0.4, -0.2) is 49.1 Å². The van der Waals surface area contributed by atoms with Crippen molar-refractivity contribution in [3.8, 4) is 0 Å². The molecule has 3 atom stereocenters. The van der Waals surface area contributed by atoms with Crippen LogP contribution in [0.1, 0.15) is 33.4 Å². The van der Waals surface area contributed by atoms with Crippen molar-refractivity contribution in [2.75, 3.05) is 0 Å². The van der Waals surface area contributed by atoms with Crippen LogP contribution in [0.3, 0.4) is 0 Å². The quantitative estimate of drug-likeness (QED) is 0.106. The van der Waals surface area contributed by atoms with Gasteiger partial charge < -0.3 is 3.52 Å². The Kier molecular flexibility index (Phi) is 9.79. The average molecular weight is 1030 g/mol. The molecule has 0 nitrogen and oxygen atoms in total. The van der Waals surface area contributed by atoms with Crippen LogP contribution >= 0.6 is 0 Å². The number of alkyl halides is 21. The van der Waals surface area contributed by atoms with E-state index in [1.165, 1.54) is 0 Å². The molecule has 0 saturated heterocycles. The lowest BCUT2D eigenvalue weighted by molar-refractivity contribution is -0.376. The molecule has 0 saturated carbocycles. The molecule has 0 heterocycles. The van der Waals surface area contributed by atoms with Crippen molar-refractivity contribution in [2.45, 2.75) is 66.9 Å². The topological polar surface area (TPSA) is 0 Å². The molecule has 0 aromatic heterocycles. The molecule has 6 rings (SSSR count). The summed E-state index contributed by atoms with van der Waals surface area (Å²) in [6, 6.07) is 0. The lowest BCUT2D eigenvalue weighted by Gasteiger charge is -2.66. The van der Waals surface area contributed by atoms with Gasteiger partial charge in [-0.25, -0.2) is 79.0 Å². The average Bonchev–Trinajstić information content (AvgIpc) is 3.18. The highest BCUT2D eigenvalue weighted by Crippen LogP contribution is 2.81. The number of halogens is 34. The summed E-state index contributed by atoms with van der Waals surface area (Å²) in [7, 11) is 0. The number of fused-ring (bicyclic) bond motifs is 3. The van der Waals surface area contributed by atoms with Gasteiger partial charge in [0.15, 0.2) is 69.8 Å². The van der Waals surface area contributed by atoms with Gasteiger partial charge >= 0.3 is 66.8 Å². The van der Waals surface area contributed by atoms with Crippen molar-refractivity contribution < 1.29 is 148 Å². The van der Waals surface area contributed by atoms with Gasteiger partial charge in [0.1, 0.15) is 13.6 Å². The molecule has 35 heteroatoms. The van der Waals surface area contributed by atoms with E-state index < -0.39 is 184 Å².